The van der Waals surface area contributed by atoms with Gasteiger partial charge in [-0.1, -0.05) is 31.4 Å². The van der Waals surface area contributed by atoms with Crippen LogP contribution in [0.15, 0.2) is 12.2 Å². The smallest absolute Gasteiger partial charge is 0.312 e. The molecule has 2 nitrogen and oxygen atoms in total. The third kappa shape index (κ3) is 2.25. The van der Waals surface area contributed by atoms with Gasteiger partial charge in [0, 0.05) is 0 Å². The molecular formula is C20H30O2. The van der Waals surface area contributed by atoms with Gasteiger partial charge in [0.15, 0.2) is 0 Å². The second-order valence-electron chi connectivity index (χ2n) is 8.61. The first-order chi connectivity index (χ1) is 10.6. The van der Waals surface area contributed by atoms with E-state index < -0.39 is 0 Å². The van der Waals surface area contributed by atoms with E-state index in [1.54, 1.807) is 0 Å². The highest BCUT2D eigenvalue weighted by molar-refractivity contribution is 5.78. The summed E-state index contributed by atoms with van der Waals surface area (Å²) in [7, 11) is 0. The number of ether oxygens (including phenoxy) is 1. The van der Waals surface area contributed by atoms with Crippen LogP contribution in [0.25, 0.3) is 0 Å². The van der Waals surface area contributed by atoms with E-state index in [1.165, 1.54) is 51.4 Å². The molecule has 3 unspecified atom stereocenters. The minimum absolute atomic E-state index is 0.111. The van der Waals surface area contributed by atoms with Crippen LogP contribution in [-0.2, 0) is 9.53 Å². The molecule has 0 amide bonds. The maximum atomic E-state index is 13.1. The van der Waals surface area contributed by atoms with E-state index in [0.717, 1.165) is 19.3 Å². The highest BCUT2D eigenvalue weighted by Gasteiger charge is 2.54. The number of esters is 1. The van der Waals surface area contributed by atoms with Crippen LogP contribution in [0.5, 0.6) is 0 Å². The third-order valence-electron chi connectivity index (χ3n) is 7.24. The SMILES string of the molecule is CC1(C(=O)OC2(C3CCCC3)CCCCC2)CC2C=CC1C2. The molecule has 0 heterocycles. The van der Waals surface area contributed by atoms with E-state index in [9.17, 15) is 4.79 Å². The van der Waals surface area contributed by atoms with Gasteiger partial charge in [-0.05, 0) is 76.0 Å². The number of fused-ring (bicyclic) bond motifs is 2. The van der Waals surface area contributed by atoms with Gasteiger partial charge in [-0.25, -0.2) is 0 Å². The fourth-order valence-corrected chi connectivity index (χ4v) is 5.83. The van der Waals surface area contributed by atoms with Gasteiger partial charge in [0.1, 0.15) is 5.60 Å². The Morgan fingerprint density at radius 2 is 1.77 bits per heavy atom. The van der Waals surface area contributed by atoms with Gasteiger partial charge in [-0.2, -0.15) is 0 Å². The number of rotatable bonds is 3. The lowest BCUT2D eigenvalue weighted by molar-refractivity contribution is -0.184. The number of carbonyl (C=O) groups excluding carboxylic acids is 1. The Morgan fingerprint density at radius 1 is 1.05 bits per heavy atom. The van der Waals surface area contributed by atoms with Crippen molar-refractivity contribution in [1.29, 1.82) is 0 Å². The molecule has 122 valence electrons. The molecule has 0 N–H and O–H groups in total. The highest BCUT2D eigenvalue weighted by atomic mass is 16.6. The molecule has 3 fully saturated rings. The molecule has 2 bridgehead atoms. The van der Waals surface area contributed by atoms with Crippen LogP contribution in [-0.4, -0.2) is 11.6 Å². The van der Waals surface area contributed by atoms with Crippen molar-refractivity contribution < 1.29 is 9.53 Å². The van der Waals surface area contributed by atoms with Crippen molar-refractivity contribution in [2.75, 3.05) is 0 Å². The summed E-state index contributed by atoms with van der Waals surface area (Å²) in [5.74, 6) is 1.80. The molecule has 0 radical (unpaired) electrons. The largest absolute Gasteiger partial charge is 0.458 e. The molecule has 0 aromatic heterocycles. The van der Waals surface area contributed by atoms with Gasteiger partial charge >= 0.3 is 5.97 Å². The molecule has 0 aromatic carbocycles. The Morgan fingerprint density at radius 3 is 2.36 bits per heavy atom. The van der Waals surface area contributed by atoms with Crippen molar-refractivity contribution in [1.82, 2.24) is 0 Å². The van der Waals surface area contributed by atoms with E-state index in [0.29, 0.717) is 17.8 Å². The molecule has 3 atom stereocenters. The zero-order valence-electron chi connectivity index (χ0n) is 14.0. The Labute approximate surface area is 134 Å². The number of allylic oxidation sites excluding steroid dienone is 2. The van der Waals surface area contributed by atoms with Crippen molar-refractivity contribution >= 4 is 5.97 Å². The summed E-state index contributed by atoms with van der Waals surface area (Å²) in [6, 6.07) is 0. The van der Waals surface area contributed by atoms with E-state index >= 15 is 0 Å². The second-order valence-corrected chi connectivity index (χ2v) is 8.61. The summed E-state index contributed by atoms with van der Waals surface area (Å²) in [5, 5.41) is 0. The van der Waals surface area contributed by atoms with Crippen molar-refractivity contribution in [3.05, 3.63) is 12.2 Å². The molecule has 4 rings (SSSR count). The van der Waals surface area contributed by atoms with Crippen LogP contribution in [0.2, 0.25) is 0 Å². The van der Waals surface area contributed by atoms with E-state index in [1.807, 2.05) is 0 Å². The van der Waals surface area contributed by atoms with Crippen LogP contribution in [0.1, 0.15) is 77.6 Å². The number of carbonyl (C=O) groups is 1. The fraction of sp³-hybridized carbons (Fsp3) is 0.850. The van der Waals surface area contributed by atoms with Crippen molar-refractivity contribution in [2.45, 2.75) is 83.2 Å². The first-order valence-corrected chi connectivity index (χ1v) is 9.54. The predicted molar refractivity (Wildman–Crippen MR) is 87.3 cm³/mol. The van der Waals surface area contributed by atoms with Gasteiger partial charge in [0.25, 0.3) is 0 Å². The lowest BCUT2D eigenvalue weighted by atomic mass is 9.73. The summed E-state index contributed by atoms with van der Waals surface area (Å²) in [6.07, 6.45) is 18.0. The summed E-state index contributed by atoms with van der Waals surface area (Å²) in [6.45, 7) is 2.16. The van der Waals surface area contributed by atoms with Crippen molar-refractivity contribution in [3.63, 3.8) is 0 Å². The number of hydrogen-bond donors (Lipinski definition) is 0. The van der Waals surface area contributed by atoms with Gasteiger partial charge in [0.05, 0.1) is 5.41 Å². The Kier molecular flexibility index (Phi) is 3.62. The zero-order valence-corrected chi connectivity index (χ0v) is 14.0. The van der Waals surface area contributed by atoms with Crippen LogP contribution in [0.3, 0.4) is 0 Å². The average Bonchev–Trinajstić information content (AvgIpc) is 3.25. The lowest BCUT2D eigenvalue weighted by Crippen LogP contribution is -2.47. The summed E-state index contributed by atoms with van der Waals surface area (Å²) < 4.78 is 6.43. The standard InChI is InChI=1S/C20H30O2/c1-19(14-15-9-10-17(19)13-15)18(21)22-20(11-5-2-6-12-20)16-7-3-4-8-16/h9-10,15-17H,2-8,11-14H2,1H3. The predicted octanol–water partition coefficient (Wildman–Crippen LogP) is 5.03. The highest BCUT2D eigenvalue weighted by Crippen LogP contribution is 2.54. The van der Waals surface area contributed by atoms with Gasteiger partial charge in [-0.15, -0.1) is 0 Å². The Balaban J connectivity index is 1.54. The normalized spacial score (nSPS) is 40.2. The molecule has 4 aliphatic rings. The van der Waals surface area contributed by atoms with E-state index in [2.05, 4.69) is 19.1 Å². The van der Waals surface area contributed by atoms with Crippen LogP contribution in [0.4, 0.5) is 0 Å². The zero-order chi connectivity index (χ0) is 15.2. The molecule has 22 heavy (non-hydrogen) atoms. The van der Waals surface area contributed by atoms with Gasteiger partial charge in [0.2, 0.25) is 0 Å². The second kappa shape index (κ2) is 5.39. The minimum Gasteiger partial charge on any atom is -0.458 e. The monoisotopic (exact) mass is 302 g/mol. The van der Waals surface area contributed by atoms with E-state index in [4.69, 9.17) is 4.74 Å². The average molecular weight is 302 g/mol. The van der Waals surface area contributed by atoms with Crippen molar-refractivity contribution in [2.24, 2.45) is 23.2 Å². The molecule has 4 aliphatic carbocycles. The molecule has 2 heteroatoms. The summed E-state index contributed by atoms with van der Waals surface area (Å²) in [5.41, 5.74) is -0.358. The molecular weight excluding hydrogens is 272 g/mol. The van der Waals surface area contributed by atoms with Crippen LogP contribution in [0, 0.1) is 23.2 Å². The van der Waals surface area contributed by atoms with Crippen LogP contribution >= 0.6 is 0 Å². The van der Waals surface area contributed by atoms with Gasteiger partial charge < -0.3 is 4.74 Å². The van der Waals surface area contributed by atoms with E-state index in [-0.39, 0.29) is 17.0 Å². The summed E-state index contributed by atoms with van der Waals surface area (Å²) >= 11 is 0. The Bertz CT molecular complexity index is 468. The molecule has 0 aliphatic heterocycles. The first-order valence-electron chi connectivity index (χ1n) is 9.54. The quantitative estimate of drug-likeness (QED) is 0.540. The maximum absolute atomic E-state index is 13.1. The van der Waals surface area contributed by atoms with Crippen molar-refractivity contribution in [3.8, 4) is 0 Å². The third-order valence-corrected chi connectivity index (χ3v) is 7.24. The molecule has 0 saturated heterocycles. The lowest BCUT2D eigenvalue weighted by Gasteiger charge is -2.44. The first kappa shape index (κ1) is 14.8. The molecule has 0 aromatic rings. The Hall–Kier alpha value is -0.790. The molecule has 0 spiro atoms. The minimum atomic E-state index is -0.248. The van der Waals surface area contributed by atoms with Crippen LogP contribution < -0.4 is 0 Å². The number of hydrogen-bond acceptors (Lipinski definition) is 2. The molecule has 3 saturated carbocycles. The maximum Gasteiger partial charge on any atom is 0.312 e. The fourth-order valence-electron chi connectivity index (χ4n) is 5.83. The van der Waals surface area contributed by atoms with Gasteiger partial charge in [-0.3, -0.25) is 4.79 Å². The topological polar surface area (TPSA) is 26.3 Å². The summed E-state index contributed by atoms with van der Waals surface area (Å²) in [4.78, 5) is 13.1.